The fraction of sp³-hybridized carbons (Fsp3) is 0.100. The topological polar surface area (TPSA) is 79.7 Å². The number of hydrogen-bond donors (Lipinski definition) is 1. The number of amides is 1. The summed E-state index contributed by atoms with van der Waals surface area (Å²) in [6.07, 6.45) is 0. The van der Waals surface area contributed by atoms with E-state index in [0.717, 1.165) is 26.6 Å². The van der Waals surface area contributed by atoms with E-state index in [1.165, 1.54) is 16.2 Å². The zero-order valence-electron chi connectivity index (χ0n) is 20.1. The number of carbonyl (C=O) groups is 2. The number of ether oxygens (including phenoxy) is 1. The van der Waals surface area contributed by atoms with E-state index in [-0.39, 0.29) is 11.3 Å². The number of aryl methyl sites for hydroxylation is 1. The fourth-order valence-corrected chi connectivity index (χ4v) is 5.84. The molecule has 1 aromatic heterocycles. The van der Waals surface area contributed by atoms with E-state index in [1.54, 1.807) is 37.4 Å². The van der Waals surface area contributed by atoms with Gasteiger partial charge in [0, 0.05) is 5.56 Å². The van der Waals surface area contributed by atoms with E-state index in [2.05, 4.69) is 4.98 Å². The summed E-state index contributed by atoms with van der Waals surface area (Å²) in [6.45, 7) is 1.99. The van der Waals surface area contributed by atoms with Crippen molar-refractivity contribution < 1.29 is 19.4 Å². The number of methoxy groups -OCH3 is 1. The molecule has 4 aromatic carbocycles. The van der Waals surface area contributed by atoms with E-state index in [4.69, 9.17) is 4.74 Å². The van der Waals surface area contributed by atoms with E-state index >= 15 is 0 Å². The number of fused-ring (bicyclic) bond motifs is 2. The third kappa shape index (κ3) is 3.84. The minimum atomic E-state index is -0.848. The molecule has 37 heavy (non-hydrogen) atoms. The van der Waals surface area contributed by atoms with Crippen LogP contribution >= 0.6 is 11.3 Å². The summed E-state index contributed by atoms with van der Waals surface area (Å²) in [6, 6.07) is 25.4. The van der Waals surface area contributed by atoms with Crippen LogP contribution in [-0.2, 0) is 9.59 Å². The van der Waals surface area contributed by atoms with Gasteiger partial charge in [-0.15, -0.1) is 0 Å². The number of anilines is 1. The summed E-state index contributed by atoms with van der Waals surface area (Å²) < 4.78 is 6.22. The Kier molecular flexibility index (Phi) is 5.50. The number of nitrogens with zero attached hydrogens (tertiary/aromatic N) is 2. The lowest BCUT2D eigenvalue weighted by Crippen LogP contribution is -2.29. The van der Waals surface area contributed by atoms with Gasteiger partial charge < -0.3 is 9.84 Å². The zero-order valence-corrected chi connectivity index (χ0v) is 21.0. The Balaban J connectivity index is 1.56. The number of rotatable bonds is 4. The summed E-state index contributed by atoms with van der Waals surface area (Å²) >= 11 is 1.34. The average Bonchev–Trinajstić information content (AvgIpc) is 3.45. The van der Waals surface area contributed by atoms with Crippen molar-refractivity contribution in [2.75, 3.05) is 12.0 Å². The first kappa shape index (κ1) is 22.9. The van der Waals surface area contributed by atoms with E-state index < -0.39 is 17.7 Å². The van der Waals surface area contributed by atoms with Gasteiger partial charge >= 0.3 is 5.91 Å². The van der Waals surface area contributed by atoms with Crippen molar-refractivity contribution in [1.82, 2.24) is 4.98 Å². The number of Topliss-reactive ketones (excluding diaryl/α,β-unsaturated/α-hetero) is 1. The molecule has 1 fully saturated rings. The Morgan fingerprint density at radius 2 is 1.70 bits per heavy atom. The summed E-state index contributed by atoms with van der Waals surface area (Å²) in [5, 5.41) is 13.8. The maximum atomic E-state index is 13.5. The number of aliphatic hydroxyl groups excluding tert-OH is 1. The van der Waals surface area contributed by atoms with Crippen LogP contribution in [0.5, 0.6) is 5.75 Å². The first-order valence-corrected chi connectivity index (χ1v) is 12.6. The number of benzene rings is 4. The van der Waals surface area contributed by atoms with Crippen LogP contribution in [0.15, 0.2) is 90.5 Å². The highest BCUT2D eigenvalue weighted by Crippen LogP contribution is 2.44. The summed E-state index contributed by atoms with van der Waals surface area (Å²) in [7, 11) is 1.57. The highest BCUT2D eigenvalue weighted by atomic mass is 32.1. The largest absolute Gasteiger partial charge is 0.507 e. The number of thiazole rings is 1. The van der Waals surface area contributed by atoms with Gasteiger partial charge in [0.25, 0.3) is 5.78 Å². The Morgan fingerprint density at radius 1 is 0.946 bits per heavy atom. The molecule has 6 rings (SSSR count). The van der Waals surface area contributed by atoms with Crippen LogP contribution in [0.4, 0.5) is 5.13 Å². The third-order valence-corrected chi connectivity index (χ3v) is 7.66. The van der Waals surface area contributed by atoms with Gasteiger partial charge in [0.1, 0.15) is 11.5 Å². The molecule has 2 heterocycles. The van der Waals surface area contributed by atoms with Gasteiger partial charge in [-0.3, -0.25) is 14.5 Å². The average molecular weight is 507 g/mol. The van der Waals surface area contributed by atoms with Gasteiger partial charge in [0.05, 0.1) is 28.9 Å². The number of ketones is 1. The Hall–Kier alpha value is -4.49. The zero-order chi connectivity index (χ0) is 25.7. The molecule has 0 saturated carbocycles. The molecule has 7 heteroatoms. The van der Waals surface area contributed by atoms with Crippen molar-refractivity contribution in [3.8, 4) is 5.75 Å². The molecule has 182 valence electrons. The van der Waals surface area contributed by atoms with Crippen LogP contribution in [0.2, 0.25) is 0 Å². The minimum Gasteiger partial charge on any atom is -0.507 e. The van der Waals surface area contributed by atoms with Crippen LogP contribution < -0.4 is 9.64 Å². The summed E-state index contributed by atoms with van der Waals surface area (Å²) in [5.41, 5.74) is 2.98. The molecular formula is C30H22N2O4S. The normalized spacial score (nSPS) is 17.1. The number of hydrogen-bond acceptors (Lipinski definition) is 6. The molecule has 1 N–H and O–H groups in total. The number of aliphatic hydroxyl groups is 1. The minimum absolute atomic E-state index is 0.0286. The lowest BCUT2D eigenvalue weighted by atomic mass is 9.94. The van der Waals surface area contributed by atoms with Gasteiger partial charge in [-0.1, -0.05) is 65.9 Å². The SMILES string of the molecule is COc1ccc(C2/C(=C(\O)c3ccc4ccccc4c3)C(=O)C(=O)N2c2nc3ccc(C)cc3s2)cc1. The quantitative estimate of drug-likeness (QED) is 0.174. The molecule has 1 aliphatic heterocycles. The summed E-state index contributed by atoms with van der Waals surface area (Å²) in [5.74, 6) is -1.05. The highest BCUT2D eigenvalue weighted by molar-refractivity contribution is 7.22. The molecule has 5 aromatic rings. The Labute approximate surface area is 217 Å². The van der Waals surface area contributed by atoms with Crippen molar-refractivity contribution in [3.63, 3.8) is 0 Å². The first-order chi connectivity index (χ1) is 17.9. The number of carbonyl (C=O) groups excluding carboxylic acids is 2. The molecule has 6 nitrogen and oxygen atoms in total. The molecule has 1 unspecified atom stereocenters. The van der Waals surface area contributed by atoms with Crippen LogP contribution in [0.25, 0.3) is 26.7 Å². The lowest BCUT2D eigenvalue weighted by molar-refractivity contribution is -0.132. The second-order valence-corrected chi connectivity index (χ2v) is 9.98. The second kappa shape index (κ2) is 8.87. The monoisotopic (exact) mass is 506 g/mol. The van der Waals surface area contributed by atoms with E-state index in [1.807, 2.05) is 61.5 Å². The maximum absolute atomic E-state index is 13.5. The fourth-order valence-electron chi connectivity index (χ4n) is 4.75. The predicted octanol–water partition coefficient (Wildman–Crippen LogP) is 6.39. The maximum Gasteiger partial charge on any atom is 0.301 e. The van der Waals surface area contributed by atoms with Crippen LogP contribution in [-0.4, -0.2) is 28.9 Å². The van der Waals surface area contributed by atoms with E-state index in [0.29, 0.717) is 22.0 Å². The van der Waals surface area contributed by atoms with Crippen LogP contribution in [0.1, 0.15) is 22.7 Å². The van der Waals surface area contributed by atoms with Gasteiger partial charge in [-0.25, -0.2) is 4.98 Å². The molecule has 1 amide bonds. The number of aromatic nitrogens is 1. The molecule has 1 aliphatic rings. The van der Waals surface area contributed by atoms with Crippen molar-refractivity contribution in [2.24, 2.45) is 0 Å². The highest BCUT2D eigenvalue weighted by Gasteiger charge is 2.48. The molecule has 0 aliphatic carbocycles. The molecule has 1 atom stereocenters. The van der Waals surface area contributed by atoms with Crippen molar-refractivity contribution in [2.45, 2.75) is 13.0 Å². The summed E-state index contributed by atoms with van der Waals surface area (Å²) in [4.78, 5) is 33.1. The predicted molar refractivity (Wildman–Crippen MR) is 146 cm³/mol. The molecular weight excluding hydrogens is 484 g/mol. The molecule has 0 radical (unpaired) electrons. The van der Waals surface area contributed by atoms with Gasteiger partial charge in [0.2, 0.25) is 0 Å². The van der Waals surface area contributed by atoms with Crippen molar-refractivity contribution in [3.05, 3.63) is 107 Å². The Morgan fingerprint density at radius 3 is 2.46 bits per heavy atom. The van der Waals surface area contributed by atoms with Gasteiger partial charge in [-0.05, 0) is 59.2 Å². The van der Waals surface area contributed by atoms with Crippen molar-refractivity contribution in [1.29, 1.82) is 0 Å². The van der Waals surface area contributed by atoms with Crippen LogP contribution in [0.3, 0.4) is 0 Å². The molecule has 0 spiro atoms. The second-order valence-electron chi connectivity index (χ2n) is 8.97. The van der Waals surface area contributed by atoms with Gasteiger partial charge in [-0.2, -0.15) is 0 Å². The first-order valence-electron chi connectivity index (χ1n) is 11.8. The molecule has 0 bridgehead atoms. The van der Waals surface area contributed by atoms with E-state index in [9.17, 15) is 14.7 Å². The van der Waals surface area contributed by atoms with Crippen LogP contribution in [0, 0.1) is 6.92 Å². The van der Waals surface area contributed by atoms with Crippen molar-refractivity contribution >= 4 is 54.9 Å². The standard InChI is InChI=1S/C30H22N2O4S/c1-17-7-14-23-24(15-17)37-30(31-23)32-26(19-10-12-22(36-2)13-11-19)25(28(34)29(32)35)27(33)21-9-8-18-5-3-4-6-20(18)16-21/h3-16,26,33H,1-2H3/b27-25+. The van der Waals surface area contributed by atoms with Gasteiger partial charge in [0.15, 0.2) is 5.13 Å². The lowest BCUT2D eigenvalue weighted by Gasteiger charge is -2.23. The third-order valence-electron chi connectivity index (χ3n) is 6.64. The Bertz CT molecular complexity index is 1740. The smallest absolute Gasteiger partial charge is 0.301 e. The molecule has 1 saturated heterocycles.